The highest BCUT2D eigenvalue weighted by molar-refractivity contribution is 7.10. The Morgan fingerprint density at radius 1 is 1.47 bits per heavy atom. The van der Waals surface area contributed by atoms with E-state index >= 15 is 0 Å². The lowest BCUT2D eigenvalue weighted by atomic mass is 9.85. The molecule has 96 valence electrons. The Bertz CT molecular complexity index is 365. The molecule has 0 aromatic carbocycles. The highest BCUT2D eigenvalue weighted by atomic mass is 32.1. The molecule has 17 heavy (non-hydrogen) atoms. The molecule has 1 aromatic heterocycles. The Morgan fingerprint density at radius 3 is 2.94 bits per heavy atom. The monoisotopic (exact) mass is 252 g/mol. The van der Waals surface area contributed by atoms with Crippen LogP contribution in [0.25, 0.3) is 0 Å². The van der Waals surface area contributed by atoms with Gasteiger partial charge in [0.25, 0.3) is 0 Å². The van der Waals surface area contributed by atoms with E-state index in [0.717, 1.165) is 19.5 Å². The maximum atomic E-state index is 6.22. The molecule has 0 saturated carbocycles. The Morgan fingerprint density at radius 2 is 2.24 bits per heavy atom. The van der Waals surface area contributed by atoms with Crippen LogP contribution in [0.5, 0.6) is 0 Å². The number of thiophene rings is 1. The lowest BCUT2D eigenvalue weighted by Crippen LogP contribution is -2.39. The summed E-state index contributed by atoms with van der Waals surface area (Å²) in [6.07, 6.45) is 2.32. The second-order valence-electron chi connectivity index (χ2n) is 6.16. The minimum absolute atomic E-state index is 0.226. The zero-order valence-corrected chi connectivity index (χ0v) is 12.0. The van der Waals surface area contributed by atoms with Crippen LogP contribution >= 0.6 is 11.3 Å². The normalized spacial score (nSPS) is 19.1. The molecule has 0 fully saturated rings. The molecule has 1 aliphatic heterocycles. The van der Waals surface area contributed by atoms with Crippen LogP contribution in [-0.4, -0.2) is 24.0 Å². The highest BCUT2D eigenvalue weighted by Gasteiger charge is 2.22. The third-order valence-corrected chi connectivity index (χ3v) is 4.78. The van der Waals surface area contributed by atoms with Crippen molar-refractivity contribution in [3.05, 3.63) is 21.9 Å². The summed E-state index contributed by atoms with van der Waals surface area (Å²) in [6, 6.07) is 2.57. The predicted octanol–water partition coefficient (Wildman–Crippen LogP) is 2.87. The van der Waals surface area contributed by atoms with Crippen molar-refractivity contribution in [2.45, 2.75) is 46.2 Å². The van der Waals surface area contributed by atoms with Gasteiger partial charge >= 0.3 is 0 Å². The first-order chi connectivity index (χ1) is 7.97. The fourth-order valence-corrected chi connectivity index (χ4v) is 3.14. The Balaban J connectivity index is 1.83. The van der Waals surface area contributed by atoms with Crippen LogP contribution in [0.1, 0.15) is 37.6 Å². The van der Waals surface area contributed by atoms with Crippen molar-refractivity contribution >= 4 is 11.3 Å². The van der Waals surface area contributed by atoms with E-state index in [1.807, 2.05) is 11.3 Å². The van der Waals surface area contributed by atoms with Crippen LogP contribution in [0.4, 0.5) is 0 Å². The van der Waals surface area contributed by atoms with E-state index < -0.39 is 0 Å². The number of hydrogen-bond acceptors (Lipinski definition) is 3. The van der Waals surface area contributed by atoms with Gasteiger partial charge in [-0.2, -0.15) is 0 Å². The van der Waals surface area contributed by atoms with Crippen LogP contribution < -0.4 is 5.73 Å². The molecule has 1 atom stereocenters. The Labute approximate surface area is 109 Å². The molecule has 0 radical (unpaired) electrons. The zero-order valence-electron chi connectivity index (χ0n) is 11.2. The van der Waals surface area contributed by atoms with Crippen molar-refractivity contribution in [2.75, 3.05) is 13.1 Å². The quantitative estimate of drug-likeness (QED) is 0.896. The summed E-state index contributed by atoms with van der Waals surface area (Å²) in [5.74, 6) is 0. The van der Waals surface area contributed by atoms with Crippen molar-refractivity contribution in [1.82, 2.24) is 4.90 Å². The van der Waals surface area contributed by atoms with E-state index in [9.17, 15) is 0 Å². The SMILES string of the molecule is CC(C)(C)C(N)CCN1CCc2sccc2C1. The van der Waals surface area contributed by atoms with Crippen molar-refractivity contribution in [2.24, 2.45) is 11.1 Å². The highest BCUT2D eigenvalue weighted by Crippen LogP contribution is 2.25. The first-order valence-corrected chi connectivity index (χ1v) is 7.38. The van der Waals surface area contributed by atoms with Gasteiger partial charge in [0.05, 0.1) is 0 Å². The average Bonchev–Trinajstić information content (AvgIpc) is 2.71. The van der Waals surface area contributed by atoms with E-state index in [4.69, 9.17) is 5.73 Å². The van der Waals surface area contributed by atoms with Gasteiger partial charge in [-0.15, -0.1) is 11.3 Å². The fraction of sp³-hybridized carbons (Fsp3) is 0.714. The van der Waals surface area contributed by atoms with Gasteiger partial charge in [-0.3, -0.25) is 4.90 Å². The molecule has 0 aliphatic carbocycles. The molecule has 1 unspecified atom stereocenters. The van der Waals surface area contributed by atoms with Crippen LogP contribution in [0.15, 0.2) is 11.4 Å². The Kier molecular flexibility index (Phi) is 3.91. The maximum Gasteiger partial charge on any atom is 0.0244 e. The minimum Gasteiger partial charge on any atom is -0.327 e. The topological polar surface area (TPSA) is 29.3 Å². The summed E-state index contributed by atoms with van der Waals surface area (Å²) < 4.78 is 0. The van der Waals surface area contributed by atoms with E-state index in [-0.39, 0.29) is 5.41 Å². The largest absolute Gasteiger partial charge is 0.327 e. The number of hydrogen-bond donors (Lipinski definition) is 1. The van der Waals surface area contributed by atoms with Gasteiger partial charge in [0, 0.05) is 24.0 Å². The molecule has 0 saturated heterocycles. The lowest BCUT2D eigenvalue weighted by Gasteiger charge is -2.31. The van der Waals surface area contributed by atoms with E-state index in [1.54, 1.807) is 4.88 Å². The number of rotatable bonds is 3. The maximum absolute atomic E-state index is 6.22. The van der Waals surface area contributed by atoms with Crippen molar-refractivity contribution in [3.63, 3.8) is 0 Å². The van der Waals surface area contributed by atoms with E-state index in [1.165, 1.54) is 18.5 Å². The number of nitrogens with two attached hydrogens (primary N) is 1. The molecule has 1 aromatic rings. The first kappa shape index (κ1) is 13.1. The summed E-state index contributed by atoms with van der Waals surface area (Å²) >= 11 is 1.90. The zero-order chi connectivity index (χ0) is 12.5. The summed E-state index contributed by atoms with van der Waals surface area (Å²) in [5, 5.41) is 2.22. The summed E-state index contributed by atoms with van der Waals surface area (Å²) in [5.41, 5.74) is 7.98. The summed E-state index contributed by atoms with van der Waals surface area (Å²) in [4.78, 5) is 4.13. The molecule has 0 bridgehead atoms. The van der Waals surface area contributed by atoms with E-state index in [0.29, 0.717) is 6.04 Å². The second-order valence-corrected chi connectivity index (χ2v) is 7.16. The molecule has 2 rings (SSSR count). The summed E-state index contributed by atoms with van der Waals surface area (Å²) in [6.45, 7) is 10.1. The van der Waals surface area contributed by atoms with Gasteiger partial charge in [0.2, 0.25) is 0 Å². The molecule has 0 amide bonds. The molecular formula is C14H24N2S. The molecular weight excluding hydrogens is 228 g/mol. The van der Waals surface area contributed by atoms with Gasteiger partial charge in [-0.1, -0.05) is 20.8 Å². The smallest absolute Gasteiger partial charge is 0.0244 e. The van der Waals surface area contributed by atoms with Crippen LogP contribution in [-0.2, 0) is 13.0 Å². The van der Waals surface area contributed by atoms with Crippen molar-refractivity contribution in [1.29, 1.82) is 0 Å². The third kappa shape index (κ3) is 3.30. The van der Waals surface area contributed by atoms with Gasteiger partial charge in [-0.25, -0.2) is 0 Å². The number of fused-ring (bicyclic) bond motifs is 1. The second kappa shape index (κ2) is 5.09. The molecule has 3 heteroatoms. The standard InChI is InChI=1S/C14H24N2S/c1-14(2,3)13(15)5-8-16-7-4-12-11(10-16)6-9-17-12/h6,9,13H,4-5,7-8,10,15H2,1-3H3. The lowest BCUT2D eigenvalue weighted by molar-refractivity contribution is 0.216. The number of nitrogens with zero attached hydrogens (tertiary/aromatic N) is 1. The molecule has 2 N–H and O–H groups in total. The van der Waals surface area contributed by atoms with E-state index in [2.05, 4.69) is 37.1 Å². The molecule has 2 nitrogen and oxygen atoms in total. The third-order valence-electron chi connectivity index (χ3n) is 3.76. The van der Waals surface area contributed by atoms with Gasteiger partial charge < -0.3 is 5.73 Å². The Hall–Kier alpha value is -0.380. The molecule has 0 spiro atoms. The van der Waals surface area contributed by atoms with Gasteiger partial charge in [0.15, 0.2) is 0 Å². The van der Waals surface area contributed by atoms with Crippen LogP contribution in [0, 0.1) is 5.41 Å². The van der Waals surface area contributed by atoms with Crippen molar-refractivity contribution in [3.8, 4) is 0 Å². The molecule has 1 aliphatic rings. The average molecular weight is 252 g/mol. The molecule has 2 heterocycles. The van der Waals surface area contributed by atoms with Gasteiger partial charge in [0.1, 0.15) is 0 Å². The van der Waals surface area contributed by atoms with Gasteiger partial charge in [-0.05, 0) is 41.8 Å². The fourth-order valence-electron chi connectivity index (χ4n) is 2.25. The van der Waals surface area contributed by atoms with Crippen LogP contribution in [0.3, 0.4) is 0 Å². The minimum atomic E-state index is 0.226. The van der Waals surface area contributed by atoms with Crippen LogP contribution in [0.2, 0.25) is 0 Å². The first-order valence-electron chi connectivity index (χ1n) is 6.50. The summed E-state index contributed by atoms with van der Waals surface area (Å²) in [7, 11) is 0. The predicted molar refractivity (Wildman–Crippen MR) is 75.3 cm³/mol. The van der Waals surface area contributed by atoms with Crippen molar-refractivity contribution < 1.29 is 0 Å².